The number of thioether (sulfide) groups is 1. The van der Waals surface area contributed by atoms with Crippen molar-refractivity contribution in [1.29, 1.82) is 0 Å². The van der Waals surface area contributed by atoms with E-state index in [1.807, 2.05) is 0 Å². The Hall–Kier alpha value is -4.86. The number of aromatic hydroxyl groups is 1. The van der Waals surface area contributed by atoms with Crippen molar-refractivity contribution in [2.45, 2.75) is 43.1 Å². The van der Waals surface area contributed by atoms with Gasteiger partial charge in [-0.05, 0) is 30.5 Å². The molecule has 3 aliphatic rings. The molecule has 0 radical (unpaired) electrons. The van der Waals surface area contributed by atoms with Crippen LogP contribution in [0, 0.1) is 0 Å². The number of β-lactam (4-membered cyclic amide) rings is 1. The fourth-order valence-electron chi connectivity index (χ4n) is 4.81. The second-order valence-corrected chi connectivity index (χ2v) is 11.0. The summed E-state index contributed by atoms with van der Waals surface area (Å²) >= 11 is 1.16. The SMILES string of the molecule is CC(=O)OCC1=C(C(=O)O)N2C(=O)C(NC(=O)C(c3ccc(O)cc3)N(C(N)=O)c3cnc(C4CC4)[nH]c3=O)[C@@H]2SC1. The van der Waals surface area contributed by atoms with Crippen LogP contribution in [0.3, 0.4) is 0 Å². The highest BCUT2D eigenvalue weighted by Crippen LogP contribution is 2.41. The van der Waals surface area contributed by atoms with Crippen molar-refractivity contribution in [1.82, 2.24) is 20.2 Å². The van der Waals surface area contributed by atoms with Crippen LogP contribution in [0.15, 0.2) is 46.5 Å². The summed E-state index contributed by atoms with van der Waals surface area (Å²) in [5, 5.41) is 21.3. The molecular weight excluding hydrogens is 572 g/mol. The van der Waals surface area contributed by atoms with Crippen LogP contribution in [0.4, 0.5) is 10.5 Å². The lowest BCUT2D eigenvalue weighted by Gasteiger charge is -2.49. The lowest BCUT2D eigenvalue weighted by Crippen LogP contribution is -2.71. The maximum Gasteiger partial charge on any atom is 0.352 e. The average Bonchev–Trinajstić information content (AvgIpc) is 3.79. The van der Waals surface area contributed by atoms with Crippen molar-refractivity contribution >= 4 is 47.2 Å². The summed E-state index contributed by atoms with van der Waals surface area (Å²) in [4.78, 5) is 84.6. The van der Waals surface area contributed by atoms with Gasteiger partial charge in [0.2, 0.25) is 5.91 Å². The molecular formula is C26H26N6O9S. The van der Waals surface area contributed by atoms with E-state index in [9.17, 15) is 39.0 Å². The second kappa shape index (κ2) is 11.2. The Morgan fingerprint density at radius 2 is 1.93 bits per heavy atom. The first-order valence-corrected chi connectivity index (χ1v) is 13.8. The molecule has 42 heavy (non-hydrogen) atoms. The van der Waals surface area contributed by atoms with Crippen molar-refractivity contribution in [3.05, 3.63) is 63.5 Å². The highest BCUT2D eigenvalue weighted by Gasteiger charge is 2.55. The number of phenols is 1. The van der Waals surface area contributed by atoms with E-state index < -0.39 is 52.8 Å². The number of esters is 1. The number of primary amides is 1. The number of aromatic nitrogens is 2. The molecule has 16 heteroatoms. The van der Waals surface area contributed by atoms with Gasteiger partial charge in [-0.1, -0.05) is 12.1 Å². The summed E-state index contributed by atoms with van der Waals surface area (Å²) in [6, 6.07) is 1.34. The number of phenolic OH excluding ortho intramolecular Hbond substituents is 1. The first-order chi connectivity index (χ1) is 20.0. The van der Waals surface area contributed by atoms with E-state index in [0.717, 1.165) is 40.6 Å². The fraction of sp³-hybridized carbons (Fsp3) is 0.346. The topological polar surface area (TPSA) is 225 Å². The molecule has 2 aromatic rings. The lowest BCUT2D eigenvalue weighted by molar-refractivity contribution is -0.151. The standard InChI is InChI=1S/C26H26N6O9S/c1-11(33)41-9-14-10-42-24-17(23(37)32(24)19(14)25(38)39)29-22(36)18(12-4-6-15(34)7-5-12)31(26(27)40)16-8-28-20(13-2-3-13)30-21(16)35/h4-8,13,17-18,24,34H,2-3,9-10H2,1H3,(H2,27,40)(H,29,36)(H,38,39)(H,28,30,35)/t17?,18?,24-/m0/s1. The molecule has 3 heterocycles. The van der Waals surface area contributed by atoms with E-state index in [-0.39, 0.29) is 46.5 Å². The number of rotatable bonds is 9. The molecule has 2 unspecified atom stereocenters. The molecule has 1 aliphatic carbocycles. The van der Waals surface area contributed by atoms with Gasteiger partial charge >= 0.3 is 18.0 Å². The van der Waals surface area contributed by atoms with E-state index in [0.29, 0.717) is 5.82 Å². The van der Waals surface area contributed by atoms with Gasteiger partial charge in [0, 0.05) is 24.2 Å². The van der Waals surface area contributed by atoms with Gasteiger partial charge in [-0.15, -0.1) is 11.8 Å². The minimum absolute atomic E-state index is 0.102. The number of aromatic amines is 1. The molecule has 6 N–H and O–H groups in total. The van der Waals surface area contributed by atoms with Crippen LogP contribution < -0.4 is 21.5 Å². The van der Waals surface area contributed by atoms with Crippen molar-refractivity contribution < 1.29 is 38.9 Å². The zero-order valence-electron chi connectivity index (χ0n) is 22.1. The van der Waals surface area contributed by atoms with E-state index in [1.54, 1.807) is 0 Å². The third kappa shape index (κ3) is 5.39. The molecule has 15 nitrogen and oxygen atoms in total. The Morgan fingerprint density at radius 3 is 2.50 bits per heavy atom. The van der Waals surface area contributed by atoms with E-state index in [2.05, 4.69) is 15.3 Å². The molecule has 1 saturated heterocycles. The van der Waals surface area contributed by atoms with Crippen molar-refractivity contribution in [3.8, 4) is 5.75 Å². The van der Waals surface area contributed by atoms with Gasteiger partial charge in [0.1, 0.15) is 47.0 Å². The Morgan fingerprint density at radius 1 is 1.24 bits per heavy atom. The predicted molar refractivity (Wildman–Crippen MR) is 146 cm³/mol. The van der Waals surface area contributed by atoms with Gasteiger partial charge in [-0.3, -0.25) is 29.0 Å². The van der Waals surface area contributed by atoms with Gasteiger partial charge in [-0.25, -0.2) is 14.6 Å². The molecule has 1 aromatic carbocycles. The number of ether oxygens (including phenoxy) is 1. The van der Waals surface area contributed by atoms with Crippen LogP contribution in [-0.4, -0.2) is 78.6 Å². The Bertz CT molecular complexity index is 1570. The number of carbonyl (C=O) groups is 5. The van der Waals surface area contributed by atoms with Crippen molar-refractivity contribution in [3.63, 3.8) is 0 Å². The second-order valence-electron chi connectivity index (χ2n) is 9.89. The van der Waals surface area contributed by atoms with Crippen LogP contribution in [-0.2, 0) is 23.9 Å². The van der Waals surface area contributed by atoms with Gasteiger partial charge in [0.05, 0.1) is 6.20 Å². The smallest absolute Gasteiger partial charge is 0.352 e. The molecule has 2 aliphatic heterocycles. The molecule has 2 fully saturated rings. The minimum atomic E-state index is -1.57. The van der Waals surface area contributed by atoms with Crippen LogP contribution in [0.25, 0.3) is 0 Å². The number of nitrogens with one attached hydrogen (secondary N) is 2. The van der Waals surface area contributed by atoms with Crippen molar-refractivity contribution in [2.24, 2.45) is 5.73 Å². The molecule has 1 aromatic heterocycles. The highest BCUT2D eigenvalue weighted by atomic mass is 32.2. The maximum atomic E-state index is 13.8. The molecule has 5 rings (SSSR count). The van der Waals surface area contributed by atoms with Gasteiger partial charge in [0.25, 0.3) is 11.5 Å². The summed E-state index contributed by atoms with van der Waals surface area (Å²) in [6.07, 6.45) is 2.87. The monoisotopic (exact) mass is 598 g/mol. The zero-order chi connectivity index (χ0) is 30.3. The third-order valence-electron chi connectivity index (χ3n) is 6.97. The molecule has 0 bridgehead atoms. The summed E-state index contributed by atoms with van der Waals surface area (Å²) in [7, 11) is 0. The maximum absolute atomic E-state index is 13.8. The molecule has 4 amide bonds. The number of hydrogen-bond donors (Lipinski definition) is 5. The van der Waals surface area contributed by atoms with Crippen LogP contribution >= 0.6 is 11.8 Å². The Balaban J connectivity index is 1.45. The van der Waals surface area contributed by atoms with Gasteiger partial charge in [0.15, 0.2) is 0 Å². The molecule has 3 atom stereocenters. The third-order valence-corrected chi connectivity index (χ3v) is 8.31. The number of carbonyl (C=O) groups excluding carboxylic acids is 4. The number of H-pyrrole nitrogens is 1. The van der Waals surface area contributed by atoms with Crippen LogP contribution in [0.2, 0.25) is 0 Å². The van der Waals surface area contributed by atoms with E-state index >= 15 is 0 Å². The number of fused-ring (bicyclic) bond motifs is 1. The minimum Gasteiger partial charge on any atom is -0.508 e. The number of nitrogens with two attached hydrogens (primary N) is 1. The number of hydrogen-bond acceptors (Lipinski definition) is 10. The van der Waals surface area contributed by atoms with Crippen LogP contribution in [0.1, 0.15) is 43.1 Å². The molecule has 220 valence electrons. The highest BCUT2D eigenvalue weighted by molar-refractivity contribution is 8.00. The van der Waals surface area contributed by atoms with Gasteiger partial charge in [-0.2, -0.15) is 0 Å². The number of urea groups is 1. The predicted octanol–water partition coefficient (Wildman–Crippen LogP) is 0.281. The van der Waals surface area contributed by atoms with Crippen molar-refractivity contribution in [2.75, 3.05) is 17.3 Å². The summed E-state index contributed by atoms with van der Waals surface area (Å²) in [5.41, 5.74) is 4.71. The number of anilines is 1. The normalized spacial score (nSPS) is 20.2. The Labute approximate surface area is 241 Å². The number of amides is 4. The van der Waals surface area contributed by atoms with Crippen LogP contribution in [0.5, 0.6) is 5.75 Å². The summed E-state index contributed by atoms with van der Waals surface area (Å²) in [6.45, 7) is 0.863. The molecule has 1 saturated carbocycles. The first-order valence-electron chi connectivity index (χ1n) is 12.8. The van der Waals surface area contributed by atoms with E-state index in [1.165, 1.54) is 31.2 Å². The largest absolute Gasteiger partial charge is 0.508 e. The number of aliphatic carboxylic acids is 1. The molecule has 0 spiro atoms. The fourth-order valence-corrected chi connectivity index (χ4v) is 6.14. The number of nitrogens with zero attached hydrogens (tertiary/aromatic N) is 3. The van der Waals surface area contributed by atoms with E-state index in [4.69, 9.17) is 10.5 Å². The van der Waals surface area contributed by atoms with Gasteiger partial charge < -0.3 is 31.0 Å². The lowest BCUT2D eigenvalue weighted by atomic mass is 10.00. The summed E-state index contributed by atoms with van der Waals surface area (Å²) < 4.78 is 4.93. The quantitative estimate of drug-likeness (QED) is 0.195. The number of benzene rings is 1. The first kappa shape index (κ1) is 28.7. The number of carboxylic acid groups (broad SMARTS) is 1. The summed E-state index contributed by atoms with van der Waals surface area (Å²) in [5.74, 6) is -3.11. The Kier molecular flexibility index (Phi) is 7.64. The average molecular weight is 599 g/mol. The number of carboxylic acids is 1. The zero-order valence-corrected chi connectivity index (χ0v) is 22.9.